The predicted octanol–water partition coefficient (Wildman–Crippen LogP) is 3.66. The van der Waals surface area contributed by atoms with Gasteiger partial charge in [0, 0.05) is 18.3 Å². The van der Waals surface area contributed by atoms with Crippen LogP contribution in [0.15, 0.2) is 35.1 Å². The van der Waals surface area contributed by atoms with Crippen molar-refractivity contribution in [2.45, 2.75) is 46.8 Å². The Morgan fingerprint density at radius 2 is 2.11 bits per heavy atom. The van der Waals surface area contributed by atoms with Gasteiger partial charge in [0.25, 0.3) is 5.91 Å². The maximum absolute atomic E-state index is 15.0. The molecule has 0 bridgehead atoms. The number of nitrogens with zero attached hydrogens (tertiary/aromatic N) is 1. The SMILES string of the molecule is CC1=CC(C)=C(CN2CCOc3ccc(OC(C)C)c(F)c3C2=O)C(C)N1. The van der Waals surface area contributed by atoms with E-state index in [-0.39, 0.29) is 35.1 Å². The number of carbonyl (C=O) groups is 1. The topological polar surface area (TPSA) is 50.8 Å². The maximum atomic E-state index is 15.0. The minimum absolute atomic E-state index is 0.0490. The molecule has 1 aromatic carbocycles. The van der Waals surface area contributed by atoms with Crippen molar-refractivity contribution in [3.05, 3.63) is 46.4 Å². The second-order valence-corrected chi connectivity index (χ2v) is 7.39. The largest absolute Gasteiger partial charge is 0.491 e. The van der Waals surface area contributed by atoms with Crippen molar-refractivity contribution in [2.24, 2.45) is 0 Å². The Labute approximate surface area is 159 Å². The number of halogens is 1. The van der Waals surface area contributed by atoms with Crippen LogP contribution >= 0.6 is 0 Å². The molecule has 0 radical (unpaired) electrons. The molecule has 0 spiro atoms. The molecule has 0 saturated carbocycles. The quantitative estimate of drug-likeness (QED) is 0.874. The van der Waals surface area contributed by atoms with Gasteiger partial charge in [-0.15, -0.1) is 0 Å². The summed E-state index contributed by atoms with van der Waals surface area (Å²) in [5.41, 5.74) is 3.30. The molecule has 3 rings (SSSR count). The highest BCUT2D eigenvalue weighted by Gasteiger charge is 2.31. The lowest BCUT2D eigenvalue weighted by Gasteiger charge is -2.30. The molecule has 2 heterocycles. The average Bonchev–Trinajstić information content (AvgIpc) is 2.73. The highest BCUT2D eigenvalue weighted by molar-refractivity contribution is 5.98. The number of amides is 1. The molecule has 0 fully saturated rings. The fourth-order valence-electron chi connectivity index (χ4n) is 3.58. The number of hydrogen-bond acceptors (Lipinski definition) is 4. The Kier molecular flexibility index (Phi) is 5.44. The van der Waals surface area contributed by atoms with Crippen LogP contribution in [0.5, 0.6) is 11.5 Å². The number of benzene rings is 1. The molecule has 0 aromatic heterocycles. The van der Waals surface area contributed by atoms with Gasteiger partial charge in [-0.2, -0.15) is 0 Å². The molecule has 1 aromatic rings. The third-order valence-electron chi connectivity index (χ3n) is 4.82. The number of allylic oxidation sites excluding steroid dienone is 3. The van der Waals surface area contributed by atoms with Crippen LogP contribution in [-0.2, 0) is 0 Å². The first-order valence-corrected chi connectivity index (χ1v) is 9.33. The molecule has 1 N–H and O–H groups in total. The summed E-state index contributed by atoms with van der Waals surface area (Å²) in [5, 5.41) is 3.38. The maximum Gasteiger partial charge on any atom is 0.261 e. The monoisotopic (exact) mass is 374 g/mol. The zero-order valence-electron chi connectivity index (χ0n) is 16.6. The van der Waals surface area contributed by atoms with E-state index in [2.05, 4.69) is 18.3 Å². The first kappa shape index (κ1) is 19.3. The number of fused-ring (bicyclic) bond motifs is 1. The van der Waals surface area contributed by atoms with Crippen LogP contribution in [0.4, 0.5) is 4.39 Å². The van der Waals surface area contributed by atoms with E-state index in [4.69, 9.17) is 9.47 Å². The number of hydrogen-bond donors (Lipinski definition) is 1. The standard InChI is InChI=1S/C21H27FN2O3/c1-12(2)27-18-7-6-17-19(20(18)22)21(25)24(8-9-26-17)11-16-13(3)10-14(4)23-15(16)5/h6-7,10,12,15,23H,8-9,11H2,1-5H3. The van der Waals surface area contributed by atoms with Crippen LogP contribution in [0, 0.1) is 5.82 Å². The number of nitrogens with one attached hydrogen (secondary N) is 1. The zero-order valence-corrected chi connectivity index (χ0v) is 16.6. The van der Waals surface area contributed by atoms with Crippen LogP contribution in [-0.4, -0.2) is 42.6 Å². The van der Waals surface area contributed by atoms with Crippen LogP contribution in [0.1, 0.15) is 45.0 Å². The van der Waals surface area contributed by atoms with Gasteiger partial charge in [-0.05, 0) is 64.0 Å². The second-order valence-electron chi connectivity index (χ2n) is 7.39. The first-order valence-electron chi connectivity index (χ1n) is 9.33. The fraction of sp³-hybridized carbons (Fsp3) is 0.476. The van der Waals surface area contributed by atoms with E-state index in [1.165, 1.54) is 6.07 Å². The molecular formula is C21H27FN2O3. The second kappa shape index (κ2) is 7.62. The summed E-state index contributed by atoms with van der Waals surface area (Å²) < 4.78 is 26.2. The van der Waals surface area contributed by atoms with E-state index in [1.54, 1.807) is 11.0 Å². The third kappa shape index (κ3) is 3.94. The van der Waals surface area contributed by atoms with Crippen molar-refractivity contribution in [3.63, 3.8) is 0 Å². The van der Waals surface area contributed by atoms with E-state index in [9.17, 15) is 4.79 Å². The summed E-state index contributed by atoms with van der Waals surface area (Å²) >= 11 is 0. The highest BCUT2D eigenvalue weighted by atomic mass is 19.1. The number of ether oxygens (including phenoxy) is 2. The van der Waals surface area contributed by atoms with Crippen molar-refractivity contribution in [1.82, 2.24) is 10.2 Å². The normalized spacial score (nSPS) is 20.0. The Morgan fingerprint density at radius 3 is 2.78 bits per heavy atom. The van der Waals surface area contributed by atoms with Gasteiger partial charge in [-0.25, -0.2) is 4.39 Å². The summed E-state index contributed by atoms with van der Waals surface area (Å²) in [6, 6.07) is 3.25. The lowest BCUT2D eigenvalue weighted by Crippen LogP contribution is -2.40. The Morgan fingerprint density at radius 1 is 1.37 bits per heavy atom. The molecule has 2 aliphatic heterocycles. The Balaban J connectivity index is 1.93. The molecule has 0 aliphatic carbocycles. The molecule has 146 valence electrons. The minimum Gasteiger partial charge on any atom is -0.491 e. The van der Waals surface area contributed by atoms with Crippen molar-refractivity contribution >= 4 is 5.91 Å². The van der Waals surface area contributed by atoms with Gasteiger partial charge in [0.05, 0.1) is 12.6 Å². The highest BCUT2D eigenvalue weighted by Crippen LogP contribution is 2.33. The molecular weight excluding hydrogens is 347 g/mol. The fourth-order valence-corrected chi connectivity index (χ4v) is 3.58. The van der Waals surface area contributed by atoms with Crippen LogP contribution in [0.2, 0.25) is 0 Å². The van der Waals surface area contributed by atoms with E-state index in [0.717, 1.165) is 16.8 Å². The van der Waals surface area contributed by atoms with E-state index in [0.29, 0.717) is 19.7 Å². The smallest absolute Gasteiger partial charge is 0.261 e. The van der Waals surface area contributed by atoms with Gasteiger partial charge in [0.2, 0.25) is 0 Å². The van der Waals surface area contributed by atoms with Crippen molar-refractivity contribution in [2.75, 3.05) is 19.7 Å². The number of dihydropyridines is 1. The molecule has 1 atom stereocenters. The van der Waals surface area contributed by atoms with Crippen LogP contribution < -0.4 is 14.8 Å². The molecule has 1 unspecified atom stereocenters. The van der Waals surface area contributed by atoms with Gasteiger partial charge in [-0.1, -0.05) is 0 Å². The summed E-state index contributed by atoms with van der Waals surface area (Å²) in [5.74, 6) is -0.682. The summed E-state index contributed by atoms with van der Waals surface area (Å²) in [6.07, 6.45) is 1.88. The molecule has 5 nitrogen and oxygen atoms in total. The Bertz CT molecular complexity index is 814. The lowest BCUT2D eigenvalue weighted by atomic mass is 9.97. The molecule has 27 heavy (non-hydrogen) atoms. The van der Waals surface area contributed by atoms with Gasteiger partial charge in [-0.3, -0.25) is 4.79 Å². The summed E-state index contributed by atoms with van der Waals surface area (Å²) in [4.78, 5) is 14.8. The van der Waals surface area contributed by atoms with Crippen molar-refractivity contribution in [1.29, 1.82) is 0 Å². The van der Waals surface area contributed by atoms with Gasteiger partial charge in [0.1, 0.15) is 17.9 Å². The predicted molar refractivity (Wildman–Crippen MR) is 103 cm³/mol. The Hall–Kier alpha value is -2.50. The number of rotatable bonds is 4. The van der Waals surface area contributed by atoms with Gasteiger partial charge < -0.3 is 19.7 Å². The first-order chi connectivity index (χ1) is 12.8. The lowest BCUT2D eigenvalue weighted by molar-refractivity contribution is 0.0763. The molecule has 0 saturated heterocycles. The average molecular weight is 374 g/mol. The number of carbonyl (C=O) groups excluding carboxylic acids is 1. The van der Waals surface area contributed by atoms with Crippen molar-refractivity contribution < 1.29 is 18.7 Å². The summed E-state index contributed by atoms with van der Waals surface area (Å²) in [6.45, 7) is 10.9. The molecule has 2 aliphatic rings. The third-order valence-corrected chi connectivity index (χ3v) is 4.82. The summed E-state index contributed by atoms with van der Waals surface area (Å²) in [7, 11) is 0. The van der Waals surface area contributed by atoms with Crippen LogP contribution in [0.3, 0.4) is 0 Å². The molecule has 1 amide bonds. The van der Waals surface area contributed by atoms with E-state index in [1.807, 2.05) is 27.7 Å². The molecule has 6 heteroatoms. The van der Waals surface area contributed by atoms with E-state index >= 15 is 4.39 Å². The van der Waals surface area contributed by atoms with E-state index < -0.39 is 5.82 Å². The van der Waals surface area contributed by atoms with Gasteiger partial charge >= 0.3 is 0 Å². The van der Waals surface area contributed by atoms with Crippen molar-refractivity contribution in [3.8, 4) is 11.5 Å². The van der Waals surface area contributed by atoms with Crippen LogP contribution in [0.25, 0.3) is 0 Å². The minimum atomic E-state index is -0.658. The zero-order chi connectivity index (χ0) is 19.7. The van der Waals surface area contributed by atoms with Gasteiger partial charge in [0.15, 0.2) is 11.6 Å².